The van der Waals surface area contributed by atoms with Crippen molar-refractivity contribution in [3.8, 4) is 5.75 Å². The Morgan fingerprint density at radius 1 is 1.38 bits per heavy atom. The minimum atomic E-state index is 0. The summed E-state index contributed by atoms with van der Waals surface area (Å²) in [5, 5.41) is 3.49. The van der Waals surface area contributed by atoms with Crippen LogP contribution in [0, 0.1) is 5.92 Å². The summed E-state index contributed by atoms with van der Waals surface area (Å²) >= 11 is 0. The quantitative estimate of drug-likeness (QED) is 0.285. The molecule has 0 aliphatic carbocycles. The van der Waals surface area contributed by atoms with Gasteiger partial charge in [0.05, 0.1) is 7.11 Å². The average Bonchev–Trinajstić information content (AvgIpc) is 2.62. The number of nitrogens with zero attached hydrogens (tertiary/aromatic N) is 3. The number of ether oxygens (including phenoxy) is 1. The van der Waals surface area contributed by atoms with Gasteiger partial charge in [0.2, 0.25) is 0 Å². The smallest absolute Gasteiger partial charge is 0.193 e. The zero-order chi connectivity index (χ0) is 18.1. The fraction of sp³-hybridized carbons (Fsp3) is 0.650. The van der Waals surface area contributed by atoms with E-state index in [1.54, 1.807) is 7.11 Å². The molecule has 26 heavy (non-hydrogen) atoms. The van der Waals surface area contributed by atoms with Crippen molar-refractivity contribution in [3.63, 3.8) is 0 Å². The van der Waals surface area contributed by atoms with Crippen LogP contribution in [0.2, 0.25) is 0 Å². The third-order valence-electron chi connectivity index (χ3n) is 4.85. The highest BCUT2D eigenvalue weighted by Gasteiger charge is 2.15. The average molecular weight is 474 g/mol. The maximum absolute atomic E-state index is 5.44. The Kier molecular flexibility index (Phi) is 11.0. The third kappa shape index (κ3) is 7.31. The van der Waals surface area contributed by atoms with Crippen LogP contribution in [0.1, 0.15) is 31.7 Å². The Labute approximate surface area is 176 Å². The fourth-order valence-corrected chi connectivity index (χ4v) is 3.54. The molecule has 1 unspecified atom stereocenters. The van der Waals surface area contributed by atoms with Crippen molar-refractivity contribution < 1.29 is 4.74 Å². The summed E-state index contributed by atoms with van der Waals surface area (Å²) in [5.41, 5.74) is 1.16. The number of para-hydroxylation sites is 1. The van der Waals surface area contributed by atoms with Gasteiger partial charge in [-0.25, -0.2) is 0 Å². The Morgan fingerprint density at radius 2 is 2.15 bits per heavy atom. The maximum Gasteiger partial charge on any atom is 0.193 e. The van der Waals surface area contributed by atoms with Crippen LogP contribution < -0.4 is 10.1 Å². The van der Waals surface area contributed by atoms with Crippen molar-refractivity contribution in [2.75, 3.05) is 47.4 Å². The fourth-order valence-electron chi connectivity index (χ4n) is 3.54. The minimum Gasteiger partial charge on any atom is -0.496 e. The molecule has 1 heterocycles. The molecule has 0 radical (unpaired) electrons. The molecule has 6 heteroatoms. The lowest BCUT2D eigenvalue weighted by molar-refractivity contribution is 0.182. The summed E-state index contributed by atoms with van der Waals surface area (Å²) in [6.07, 6.45) is 3.88. The SMILES string of the molecule is CN=C(NCCCN1CCCC(C)C1)N(C)Cc1ccccc1OC.I. The molecular formula is C20H35IN4O. The van der Waals surface area contributed by atoms with Crippen molar-refractivity contribution in [1.82, 2.24) is 15.1 Å². The van der Waals surface area contributed by atoms with Crippen LogP contribution in [-0.4, -0.2) is 63.1 Å². The zero-order valence-corrected chi connectivity index (χ0v) is 19.0. The van der Waals surface area contributed by atoms with Crippen molar-refractivity contribution in [2.45, 2.75) is 32.7 Å². The first kappa shape index (κ1) is 23.0. The number of aliphatic imine (C=N–C) groups is 1. The summed E-state index contributed by atoms with van der Waals surface area (Å²) in [5.74, 6) is 2.70. The van der Waals surface area contributed by atoms with Gasteiger partial charge in [-0.2, -0.15) is 0 Å². The molecule has 0 spiro atoms. The number of rotatable bonds is 7. The monoisotopic (exact) mass is 474 g/mol. The molecule has 1 aromatic carbocycles. The number of guanidine groups is 1. The molecule has 5 nitrogen and oxygen atoms in total. The van der Waals surface area contributed by atoms with Crippen molar-refractivity contribution >= 4 is 29.9 Å². The number of piperidine rings is 1. The van der Waals surface area contributed by atoms with Gasteiger partial charge in [-0.15, -0.1) is 24.0 Å². The van der Waals surface area contributed by atoms with Crippen molar-refractivity contribution in [2.24, 2.45) is 10.9 Å². The molecule has 0 saturated carbocycles. The van der Waals surface area contributed by atoms with E-state index in [-0.39, 0.29) is 24.0 Å². The minimum absolute atomic E-state index is 0. The maximum atomic E-state index is 5.44. The molecule has 1 aliphatic heterocycles. The number of methoxy groups -OCH3 is 1. The second-order valence-corrected chi connectivity index (χ2v) is 7.04. The van der Waals surface area contributed by atoms with Crippen LogP contribution in [0.25, 0.3) is 0 Å². The van der Waals surface area contributed by atoms with E-state index in [4.69, 9.17) is 4.74 Å². The lowest BCUT2D eigenvalue weighted by Crippen LogP contribution is -2.40. The van der Waals surface area contributed by atoms with E-state index in [0.29, 0.717) is 0 Å². The van der Waals surface area contributed by atoms with Crippen LogP contribution in [0.3, 0.4) is 0 Å². The van der Waals surface area contributed by atoms with E-state index in [2.05, 4.69) is 40.1 Å². The third-order valence-corrected chi connectivity index (χ3v) is 4.85. The van der Waals surface area contributed by atoms with Crippen LogP contribution in [0.5, 0.6) is 5.75 Å². The number of nitrogens with one attached hydrogen (secondary N) is 1. The highest BCUT2D eigenvalue weighted by Crippen LogP contribution is 2.18. The largest absolute Gasteiger partial charge is 0.496 e. The summed E-state index contributed by atoms with van der Waals surface area (Å²) < 4.78 is 5.44. The molecule has 1 N–H and O–H groups in total. The van der Waals surface area contributed by atoms with Gasteiger partial charge in [-0.05, 0) is 44.3 Å². The van der Waals surface area contributed by atoms with Gasteiger partial charge in [0.1, 0.15) is 5.75 Å². The van der Waals surface area contributed by atoms with Gasteiger partial charge >= 0.3 is 0 Å². The van der Waals surface area contributed by atoms with Crippen LogP contribution in [0.4, 0.5) is 0 Å². The Bertz CT molecular complexity index is 552. The lowest BCUT2D eigenvalue weighted by atomic mass is 10.0. The van der Waals surface area contributed by atoms with E-state index >= 15 is 0 Å². The molecule has 0 amide bonds. The molecule has 2 rings (SSSR count). The van der Waals surface area contributed by atoms with E-state index in [1.165, 1.54) is 32.5 Å². The highest BCUT2D eigenvalue weighted by atomic mass is 127. The number of likely N-dealkylation sites (tertiary alicyclic amines) is 1. The molecule has 1 aliphatic rings. The van der Waals surface area contributed by atoms with Crippen molar-refractivity contribution in [1.29, 1.82) is 0 Å². The summed E-state index contributed by atoms with van der Waals surface area (Å²) in [7, 11) is 5.62. The van der Waals surface area contributed by atoms with Crippen LogP contribution >= 0.6 is 24.0 Å². The Balaban J connectivity index is 0.00000338. The predicted octanol–water partition coefficient (Wildman–Crippen LogP) is 3.44. The van der Waals surface area contributed by atoms with Gasteiger partial charge in [0, 0.05) is 39.3 Å². The molecule has 148 valence electrons. The topological polar surface area (TPSA) is 40.1 Å². The number of hydrogen-bond acceptors (Lipinski definition) is 3. The lowest BCUT2D eigenvalue weighted by Gasteiger charge is -2.31. The van der Waals surface area contributed by atoms with Gasteiger partial charge in [-0.1, -0.05) is 25.1 Å². The van der Waals surface area contributed by atoms with E-state index in [9.17, 15) is 0 Å². The molecular weight excluding hydrogens is 439 g/mol. The van der Waals surface area contributed by atoms with Crippen LogP contribution in [-0.2, 0) is 6.54 Å². The summed E-state index contributed by atoms with van der Waals surface area (Å²) in [4.78, 5) is 9.15. The van der Waals surface area contributed by atoms with E-state index in [1.807, 2.05) is 25.2 Å². The molecule has 0 bridgehead atoms. The molecule has 1 atom stereocenters. The first-order chi connectivity index (χ1) is 12.1. The van der Waals surface area contributed by atoms with Gasteiger partial charge in [0.15, 0.2) is 5.96 Å². The Morgan fingerprint density at radius 3 is 2.85 bits per heavy atom. The summed E-state index contributed by atoms with van der Waals surface area (Å²) in [6, 6.07) is 8.14. The van der Waals surface area contributed by atoms with Crippen LogP contribution in [0.15, 0.2) is 29.3 Å². The summed E-state index contributed by atoms with van der Waals surface area (Å²) in [6.45, 7) is 7.76. The normalized spacial score (nSPS) is 18.2. The zero-order valence-electron chi connectivity index (χ0n) is 16.7. The number of benzene rings is 1. The predicted molar refractivity (Wildman–Crippen MR) is 121 cm³/mol. The molecule has 0 aromatic heterocycles. The molecule has 1 aromatic rings. The number of halogens is 1. The van der Waals surface area contributed by atoms with Gasteiger partial charge in [-0.3, -0.25) is 4.99 Å². The highest BCUT2D eigenvalue weighted by molar-refractivity contribution is 14.0. The van der Waals surface area contributed by atoms with Gasteiger partial charge < -0.3 is 19.9 Å². The first-order valence-electron chi connectivity index (χ1n) is 9.40. The van der Waals surface area contributed by atoms with Crippen molar-refractivity contribution in [3.05, 3.63) is 29.8 Å². The first-order valence-corrected chi connectivity index (χ1v) is 9.40. The van der Waals surface area contributed by atoms with E-state index < -0.39 is 0 Å². The molecule has 1 saturated heterocycles. The Hall–Kier alpha value is -1.02. The second kappa shape index (κ2) is 12.4. The number of hydrogen-bond donors (Lipinski definition) is 1. The second-order valence-electron chi connectivity index (χ2n) is 7.04. The molecule has 1 fully saturated rings. The standard InChI is InChI=1S/C20H34N4O.HI/c1-17-9-7-13-24(15-17)14-8-12-22-20(21-2)23(3)16-18-10-5-6-11-19(18)25-4;/h5-6,10-11,17H,7-9,12-16H2,1-4H3,(H,21,22);1H. The van der Waals surface area contributed by atoms with Gasteiger partial charge in [0.25, 0.3) is 0 Å². The van der Waals surface area contributed by atoms with E-state index in [0.717, 1.165) is 42.7 Å².